The van der Waals surface area contributed by atoms with Gasteiger partial charge in [0.15, 0.2) is 9.84 Å². The molecule has 2 atom stereocenters. The van der Waals surface area contributed by atoms with Crippen molar-refractivity contribution < 1.29 is 18.3 Å². The van der Waals surface area contributed by atoms with Gasteiger partial charge in [0, 0.05) is 12.6 Å². The molecule has 0 amide bonds. The average Bonchev–Trinajstić information content (AvgIpc) is 3.32. The second-order valence-corrected chi connectivity index (χ2v) is 10.4. The largest absolute Gasteiger partial charge is 0.388 e. The van der Waals surface area contributed by atoms with Gasteiger partial charge in [0.2, 0.25) is 5.95 Å². The molecular formula is C21H25N5O4S. The van der Waals surface area contributed by atoms with Gasteiger partial charge in [0.25, 0.3) is 0 Å². The van der Waals surface area contributed by atoms with E-state index in [0.717, 1.165) is 11.0 Å². The zero-order chi connectivity index (χ0) is 21.6. The number of nitrogens with zero attached hydrogens (tertiary/aromatic N) is 5. The van der Waals surface area contributed by atoms with Crippen LogP contribution < -0.4 is 4.90 Å². The van der Waals surface area contributed by atoms with Gasteiger partial charge in [0.05, 0.1) is 41.7 Å². The molecule has 3 aromatic rings. The van der Waals surface area contributed by atoms with Crippen molar-refractivity contribution in [3.8, 4) is 5.95 Å². The fourth-order valence-electron chi connectivity index (χ4n) is 4.45. The van der Waals surface area contributed by atoms with Crippen molar-refractivity contribution in [3.63, 3.8) is 0 Å². The fourth-order valence-corrected chi connectivity index (χ4v) is 6.32. The van der Waals surface area contributed by atoms with Crippen LogP contribution in [0.2, 0.25) is 0 Å². The van der Waals surface area contributed by atoms with Crippen LogP contribution in [-0.4, -0.2) is 64.6 Å². The minimum Gasteiger partial charge on any atom is -0.388 e. The maximum absolute atomic E-state index is 12.7. The average molecular weight is 444 g/mol. The number of morpholine rings is 1. The molecule has 0 spiro atoms. The summed E-state index contributed by atoms with van der Waals surface area (Å²) in [7, 11) is -3.25. The summed E-state index contributed by atoms with van der Waals surface area (Å²) in [5, 5.41) is 9.30. The van der Waals surface area contributed by atoms with Crippen molar-refractivity contribution in [1.82, 2.24) is 19.5 Å². The van der Waals surface area contributed by atoms with Gasteiger partial charge in [-0.15, -0.1) is 0 Å². The highest BCUT2D eigenvalue weighted by molar-refractivity contribution is 7.91. The molecule has 1 aromatic carbocycles. The van der Waals surface area contributed by atoms with Crippen LogP contribution in [0.1, 0.15) is 36.5 Å². The first-order chi connectivity index (χ1) is 15.0. The summed E-state index contributed by atoms with van der Waals surface area (Å²) in [5.74, 6) is 1.58. The highest BCUT2D eigenvalue weighted by Crippen LogP contribution is 2.36. The Bertz CT molecular complexity index is 1230. The van der Waals surface area contributed by atoms with Crippen LogP contribution in [0.5, 0.6) is 0 Å². The smallest absolute Gasteiger partial charge is 0.237 e. The van der Waals surface area contributed by atoms with E-state index in [-0.39, 0.29) is 18.4 Å². The number of anilines is 1. The second kappa shape index (κ2) is 7.85. The minimum absolute atomic E-state index is 0.0985. The predicted octanol–water partition coefficient (Wildman–Crippen LogP) is 1.78. The Morgan fingerprint density at radius 2 is 2.06 bits per heavy atom. The van der Waals surface area contributed by atoms with E-state index in [9.17, 15) is 13.5 Å². The lowest BCUT2D eigenvalue weighted by atomic mass is 10.2. The number of ether oxygens (including phenoxy) is 1. The molecule has 2 aromatic heterocycles. The highest BCUT2D eigenvalue weighted by atomic mass is 32.2. The first-order valence-electron chi connectivity index (χ1n) is 10.5. The number of hydrogen-bond donors (Lipinski definition) is 1. The summed E-state index contributed by atoms with van der Waals surface area (Å²) >= 11 is 0. The lowest BCUT2D eigenvalue weighted by Crippen LogP contribution is -2.44. The van der Waals surface area contributed by atoms with E-state index in [1.807, 2.05) is 24.3 Å². The lowest BCUT2D eigenvalue weighted by Gasteiger charge is -2.34. The van der Waals surface area contributed by atoms with Crippen molar-refractivity contribution >= 4 is 26.7 Å². The predicted molar refractivity (Wildman–Crippen MR) is 116 cm³/mol. The zero-order valence-electron chi connectivity index (χ0n) is 17.3. The van der Waals surface area contributed by atoms with Gasteiger partial charge in [-0.25, -0.2) is 18.4 Å². The second-order valence-electron chi connectivity index (χ2n) is 8.08. The highest BCUT2D eigenvalue weighted by Gasteiger charge is 2.35. The number of aliphatic hydroxyl groups excluding tert-OH is 1. The number of rotatable bonds is 4. The van der Waals surface area contributed by atoms with Gasteiger partial charge in [0.1, 0.15) is 23.5 Å². The number of fused-ring (bicyclic) bond motifs is 1. The Morgan fingerprint density at radius 3 is 2.81 bits per heavy atom. The number of hydrogen-bond acceptors (Lipinski definition) is 8. The molecule has 1 unspecified atom stereocenters. The van der Waals surface area contributed by atoms with E-state index in [4.69, 9.17) is 14.7 Å². The number of imidazole rings is 1. The molecule has 31 heavy (non-hydrogen) atoms. The molecule has 0 radical (unpaired) electrons. The molecule has 5 rings (SSSR count). The SMILES string of the molecule is C[C@@H]1COCCN1c1cc(C2CCCS2(=O)=O)nc(-n2c(CO)nc3ccccc32)n1. The molecule has 4 heterocycles. The minimum atomic E-state index is -3.25. The topological polar surface area (TPSA) is 110 Å². The zero-order valence-corrected chi connectivity index (χ0v) is 18.1. The molecule has 164 valence electrons. The molecule has 0 bridgehead atoms. The van der Waals surface area contributed by atoms with Gasteiger partial charge in [-0.1, -0.05) is 12.1 Å². The van der Waals surface area contributed by atoms with Crippen LogP contribution in [0, 0.1) is 0 Å². The van der Waals surface area contributed by atoms with Gasteiger partial charge >= 0.3 is 0 Å². The molecule has 2 aliphatic rings. The number of aliphatic hydroxyl groups is 1. The van der Waals surface area contributed by atoms with Crippen LogP contribution in [0.15, 0.2) is 30.3 Å². The molecule has 1 N–H and O–H groups in total. The summed E-state index contributed by atoms with van der Waals surface area (Å²) in [6.45, 7) is 3.58. The number of aromatic nitrogens is 4. The van der Waals surface area contributed by atoms with E-state index in [1.54, 1.807) is 10.6 Å². The Balaban J connectivity index is 1.72. The summed E-state index contributed by atoms with van der Waals surface area (Å²) < 4.78 is 32.7. The van der Waals surface area contributed by atoms with Crippen LogP contribution in [0.4, 0.5) is 5.82 Å². The summed E-state index contributed by atoms with van der Waals surface area (Å²) in [5.41, 5.74) is 1.98. The van der Waals surface area contributed by atoms with Crippen LogP contribution in [-0.2, 0) is 21.2 Å². The normalized spacial score (nSPS) is 23.5. The van der Waals surface area contributed by atoms with Gasteiger partial charge < -0.3 is 14.7 Å². The van der Waals surface area contributed by atoms with Gasteiger partial charge in [-0.3, -0.25) is 4.57 Å². The lowest BCUT2D eigenvalue weighted by molar-refractivity contribution is 0.0985. The summed E-state index contributed by atoms with van der Waals surface area (Å²) in [6.07, 6.45) is 1.18. The molecule has 2 fully saturated rings. The molecule has 10 heteroatoms. The Morgan fingerprint density at radius 1 is 1.23 bits per heavy atom. The molecule has 0 aliphatic carbocycles. The standard InChI is InChI=1S/C21H25N5O4S/c1-14-13-30-9-8-25(14)19-11-16(18-7-4-10-31(18,28)29)23-21(24-19)26-17-6-3-2-5-15(17)22-20(26)12-27/h2-3,5-6,11,14,18,27H,4,7-10,12-13H2,1H3/t14-,18?/m1/s1. The Hall–Kier alpha value is -2.56. The van der Waals surface area contributed by atoms with E-state index < -0.39 is 15.1 Å². The van der Waals surface area contributed by atoms with Crippen LogP contribution >= 0.6 is 0 Å². The van der Waals surface area contributed by atoms with Gasteiger partial charge in [-0.05, 0) is 31.9 Å². The Labute approximate surface area is 180 Å². The van der Waals surface area contributed by atoms with Crippen molar-refractivity contribution in [2.45, 2.75) is 37.7 Å². The quantitative estimate of drug-likeness (QED) is 0.650. The van der Waals surface area contributed by atoms with Crippen molar-refractivity contribution in [2.75, 3.05) is 30.4 Å². The number of sulfone groups is 1. The first kappa shape index (κ1) is 20.3. The Kier molecular flexibility index (Phi) is 5.15. The maximum atomic E-state index is 12.7. The molecule has 0 saturated carbocycles. The third kappa shape index (κ3) is 3.58. The monoisotopic (exact) mass is 443 g/mol. The molecular weight excluding hydrogens is 418 g/mol. The third-order valence-corrected chi connectivity index (χ3v) is 8.21. The van der Waals surface area contributed by atoms with Gasteiger partial charge in [-0.2, -0.15) is 4.98 Å². The maximum Gasteiger partial charge on any atom is 0.237 e. The van der Waals surface area contributed by atoms with E-state index >= 15 is 0 Å². The summed E-state index contributed by atoms with van der Waals surface area (Å²) in [6, 6.07) is 9.42. The third-order valence-electron chi connectivity index (χ3n) is 6.01. The fraction of sp³-hybridized carbons (Fsp3) is 0.476. The molecule has 2 aliphatic heterocycles. The van der Waals surface area contributed by atoms with E-state index in [2.05, 4.69) is 16.8 Å². The molecule has 2 saturated heterocycles. The number of para-hydroxylation sites is 2. The molecule has 9 nitrogen and oxygen atoms in total. The summed E-state index contributed by atoms with van der Waals surface area (Å²) in [4.78, 5) is 16.1. The van der Waals surface area contributed by atoms with Crippen LogP contribution in [0.3, 0.4) is 0 Å². The van der Waals surface area contributed by atoms with Crippen LogP contribution in [0.25, 0.3) is 17.0 Å². The van der Waals surface area contributed by atoms with Crippen molar-refractivity contribution in [3.05, 3.63) is 41.9 Å². The van der Waals surface area contributed by atoms with Crippen molar-refractivity contribution in [1.29, 1.82) is 0 Å². The van der Waals surface area contributed by atoms with E-state index in [0.29, 0.717) is 55.9 Å². The first-order valence-corrected chi connectivity index (χ1v) is 12.2. The van der Waals surface area contributed by atoms with E-state index in [1.165, 1.54) is 0 Å². The van der Waals surface area contributed by atoms with Crippen molar-refractivity contribution in [2.24, 2.45) is 0 Å². The number of benzene rings is 1.